The maximum atomic E-state index is 3.70. The minimum Gasteiger partial charge on any atom is -0.388 e. The zero-order valence-corrected chi connectivity index (χ0v) is 19.5. The Morgan fingerprint density at radius 2 is 1.70 bits per heavy atom. The molecule has 1 aliphatic heterocycles. The van der Waals surface area contributed by atoms with Crippen LogP contribution in [0.5, 0.6) is 0 Å². The van der Waals surface area contributed by atoms with Gasteiger partial charge in [0.05, 0.1) is 11.4 Å². The monoisotopic (exact) mass is 407 g/mol. The first kappa shape index (κ1) is 20.7. The molecule has 0 radical (unpaired) electrons. The molecule has 0 spiro atoms. The van der Waals surface area contributed by atoms with Gasteiger partial charge in [-0.15, -0.1) is 0 Å². The molecule has 0 saturated heterocycles. The third-order valence-corrected chi connectivity index (χ3v) is 7.23. The largest absolute Gasteiger partial charge is 0.388 e. The van der Waals surface area contributed by atoms with Crippen molar-refractivity contribution in [2.45, 2.75) is 58.5 Å². The summed E-state index contributed by atoms with van der Waals surface area (Å²) >= 11 is 0. The Morgan fingerprint density at radius 1 is 1.07 bits per heavy atom. The van der Waals surface area contributed by atoms with Crippen LogP contribution in [0.25, 0.3) is 5.57 Å². The summed E-state index contributed by atoms with van der Waals surface area (Å²) in [6.07, 6.45) is 6.31. The van der Waals surface area contributed by atoms with Crippen molar-refractivity contribution in [1.29, 1.82) is 0 Å². The lowest BCUT2D eigenvalue weighted by Gasteiger charge is -2.48. The van der Waals surface area contributed by atoms with E-state index in [2.05, 4.69) is 77.8 Å². The van der Waals surface area contributed by atoms with Gasteiger partial charge >= 0.3 is 0 Å². The highest BCUT2D eigenvalue weighted by Crippen LogP contribution is 2.52. The van der Waals surface area contributed by atoms with E-state index in [1.165, 1.54) is 41.1 Å². The fourth-order valence-corrected chi connectivity index (χ4v) is 5.37. The topological polar surface area (TPSA) is 55.1 Å². The van der Waals surface area contributed by atoms with Crippen LogP contribution in [-0.2, 0) is 0 Å². The lowest BCUT2D eigenvalue weighted by atomic mass is 9.84. The highest BCUT2D eigenvalue weighted by molar-refractivity contribution is 5.98. The van der Waals surface area contributed by atoms with Crippen molar-refractivity contribution in [3.63, 3.8) is 0 Å². The summed E-state index contributed by atoms with van der Waals surface area (Å²) in [6.45, 7) is 9.33. The zero-order chi connectivity index (χ0) is 21.6. The summed E-state index contributed by atoms with van der Waals surface area (Å²) in [7, 11) is 5.96. The lowest BCUT2D eigenvalue weighted by Crippen LogP contribution is -2.53. The van der Waals surface area contributed by atoms with Gasteiger partial charge in [0.15, 0.2) is 0 Å². The van der Waals surface area contributed by atoms with Crippen molar-refractivity contribution >= 4 is 28.3 Å². The Labute approximate surface area is 181 Å². The van der Waals surface area contributed by atoms with Crippen LogP contribution in [0.3, 0.4) is 0 Å². The molecule has 162 valence electrons. The molecule has 5 heteroatoms. The number of nitrogens with zero attached hydrogens (tertiary/aromatic N) is 1. The fourth-order valence-electron chi connectivity index (χ4n) is 5.37. The van der Waals surface area contributed by atoms with Gasteiger partial charge in [-0.05, 0) is 64.2 Å². The first-order valence-corrected chi connectivity index (χ1v) is 11.3. The molecule has 4 rings (SSSR count). The van der Waals surface area contributed by atoms with E-state index < -0.39 is 0 Å². The molecule has 2 heterocycles. The third kappa shape index (κ3) is 3.15. The summed E-state index contributed by atoms with van der Waals surface area (Å²) in [5.41, 5.74) is 9.81. The maximum Gasteiger partial charge on any atom is 0.0699 e. The van der Waals surface area contributed by atoms with Crippen molar-refractivity contribution in [2.75, 3.05) is 42.0 Å². The molecule has 1 aromatic carbocycles. The first-order valence-electron chi connectivity index (χ1n) is 11.3. The maximum absolute atomic E-state index is 3.70. The molecule has 4 N–H and O–H groups in total. The van der Waals surface area contributed by atoms with Crippen molar-refractivity contribution < 1.29 is 0 Å². The van der Waals surface area contributed by atoms with Gasteiger partial charge in [0, 0.05) is 66.6 Å². The predicted octanol–water partition coefficient (Wildman–Crippen LogP) is 5.67. The van der Waals surface area contributed by atoms with E-state index >= 15 is 0 Å². The van der Waals surface area contributed by atoms with Crippen LogP contribution in [0, 0.1) is 12.8 Å². The number of hydrogen-bond donors (Lipinski definition) is 4. The molecule has 1 aliphatic carbocycles. The molecule has 5 nitrogen and oxygen atoms in total. The minimum atomic E-state index is 0.193. The Morgan fingerprint density at radius 3 is 2.20 bits per heavy atom. The number of anilines is 4. The van der Waals surface area contributed by atoms with E-state index in [0.29, 0.717) is 6.04 Å². The summed E-state index contributed by atoms with van der Waals surface area (Å²) < 4.78 is 0. The van der Waals surface area contributed by atoms with Gasteiger partial charge in [-0.25, -0.2) is 0 Å². The number of benzene rings is 1. The second-order valence-electron chi connectivity index (χ2n) is 9.08. The molecule has 1 saturated carbocycles. The lowest BCUT2D eigenvalue weighted by molar-refractivity contribution is 0.343. The van der Waals surface area contributed by atoms with Crippen LogP contribution in [0.15, 0.2) is 24.3 Å². The Hall–Kier alpha value is -2.56. The number of nitrogens with one attached hydrogen (secondary N) is 4. The van der Waals surface area contributed by atoms with E-state index in [-0.39, 0.29) is 5.54 Å². The molecule has 0 amide bonds. The van der Waals surface area contributed by atoms with Crippen LogP contribution in [0.2, 0.25) is 0 Å². The van der Waals surface area contributed by atoms with E-state index in [1.807, 2.05) is 21.1 Å². The highest BCUT2D eigenvalue weighted by atomic mass is 15.2. The molecule has 0 bridgehead atoms. The summed E-state index contributed by atoms with van der Waals surface area (Å²) in [6, 6.07) is 7.04. The molecular weight excluding hydrogens is 370 g/mol. The van der Waals surface area contributed by atoms with Crippen LogP contribution in [-0.4, -0.2) is 37.7 Å². The van der Waals surface area contributed by atoms with Crippen LogP contribution in [0.4, 0.5) is 22.7 Å². The molecular formula is C25H37N5. The van der Waals surface area contributed by atoms with Crippen LogP contribution < -0.4 is 20.9 Å². The van der Waals surface area contributed by atoms with Crippen LogP contribution in [0.1, 0.15) is 57.0 Å². The number of H-pyrrole nitrogens is 1. The fraction of sp³-hybridized carbons (Fsp3) is 0.520. The summed E-state index contributed by atoms with van der Waals surface area (Å²) in [4.78, 5) is 6.39. The molecule has 1 aromatic heterocycles. The zero-order valence-electron chi connectivity index (χ0n) is 19.5. The molecule has 1 fully saturated rings. The number of aryl methyl sites for hydroxylation is 1. The van der Waals surface area contributed by atoms with Gasteiger partial charge in [0.1, 0.15) is 0 Å². The average molecular weight is 408 g/mol. The quantitative estimate of drug-likeness (QED) is 0.478. The molecule has 2 unspecified atom stereocenters. The Balaban J connectivity index is 1.91. The van der Waals surface area contributed by atoms with Crippen LogP contribution >= 0.6 is 0 Å². The third-order valence-electron chi connectivity index (χ3n) is 7.23. The molecule has 2 aromatic rings. The van der Waals surface area contributed by atoms with Gasteiger partial charge < -0.3 is 25.8 Å². The van der Waals surface area contributed by atoms with E-state index in [4.69, 9.17) is 0 Å². The smallest absolute Gasteiger partial charge is 0.0699 e. The minimum absolute atomic E-state index is 0.193. The first-order chi connectivity index (χ1) is 14.4. The normalized spacial score (nSPS) is 20.3. The van der Waals surface area contributed by atoms with Gasteiger partial charge in [-0.1, -0.05) is 13.0 Å². The van der Waals surface area contributed by atoms with E-state index in [0.717, 1.165) is 29.4 Å². The van der Waals surface area contributed by atoms with Crippen molar-refractivity contribution in [3.8, 4) is 0 Å². The number of rotatable bonds is 7. The number of aromatic amines is 1. The van der Waals surface area contributed by atoms with Gasteiger partial charge in [-0.2, -0.15) is 0 Å². The molecule has 2 aliphatic rings. The number of hydrogen-bond acceptors (Lipinski definition) is 4. The SMILES string of the molecule is CCC(C)(C1CC1)N1c2cc(C)[nH]c2C(c2c(NC)cc(NC)cc2NC)=CC1C. The van der Waals surface area contributed by atoms with E-state index in [1.54, 1.807) is 0 Å². The van der Waals surface area contributed by atoms with E-state index in [9.17, 15) is 0 Å². The predicted molar refractivity (Wildman–Crippen MR) is 131 cm³/mol. The average Bonchev–Trinajstić information content (AvgIpc) is 3.54. The molecule has 2 atom stereocenters. The number of fused-ring (bicyclic) bond motifs is 1. The Kier molecular flexibility index (Phi) is 5.25. The van der Waals surface area contributed by atoms with Crippen molar-refractivity contribution in [3.05, 3.63) is 41.2 Å². The van der Waals surface area contributed by atoms with Gasteiger partial charge in [-0.3, -0.25) is 0 Å². The van der Waals surface area contributed by atoms with Crippen molar-refractivity contribution in [2.24, 2.45) is 5.92 Å². The molecule has 30 heavy (non-hydrogen) atoms. The van der Waals surface area contributed by atoms with Gasteiger partial charge in [0.2, 0.25) is 0 Å². The second-order valence-corrected chi connectivity index (χ2v) is 9.08. The standard InChI is InChI=1S/C25H37N5/c1-8-25(4,17-9-10-17)30-16(3)12-19(24-22(30)11-15(2)29-24)23-20(27-6)13-18(26-5)14-21(23)28-7/h11-14,16-17,26-29H,8-10H2,1-7H3. The summed E-state index contributed by atoms with van der Waals surface area (Å²) in [5, 5.41) is 10.1. The van der Waals surface area contributed by atoms with Gasteiger partial charge in [0.25, 0.3) is 0 Å². The summed E-state index contributed by atoms with van der Waals surface area (Å²) in [5.74, 6) is 0.790. The highest BCUT2D eigenvalue weighted by Gasteiger charge is 2.47. The second kappa shape index (κ2) is 7.60. The van der Waals surface area contributed by atoms with Crippen molar-refractivity contribution in [1.82, 2.24) is 4.98 Å². The Bertz CT molecular complexity index is 943. The number of aromatic nitrogens is 1.